The van der Waals surface area contributed by atoms with E-state index in [1.807, 2.05) is 30.3 Å². The van der Waals surface area contributed by atoms with Crippen LogP contribution in [-0.4, -0.2) is 49.8 Å². The van der Waals surface area contributed by atoms with E-state index in [2.05, 4.69) is 36.2 Å². The van der Waals surface area contributed by atoms with Crippen LogP contribution in [0, 0.1) is 0 Å². The van der Waals surface area contributed by atoms with Crippen LogP contribution < -0.4 is 19.5 Å². The molecule has 1 saturated heterocycles. The van der Waals surface area contributed by atoms with Gasteiger partial charge < -0.3 is 19.5 Å². The van der Waals surface area contributed by atoms with Crippen molar-refractivity contribution in [2.75, 3.05) is 33.4 Å². The predicted molar refractivity (Wildman–Crippen MR) is 120 cm³/mol. The molecule has 0 aromatic heterocycles. The Kier molecular flexibility index (Phi) is 6.37. The molecule has 0 radical (unpaired) electrons. The molecule has 1 amide bonds. The maximum absolute atomic E-state index is 12.6. The molecular formula is C25H32N2O4. The van der Waals surface area contributed by atoms with Gasteiger partial charge in [0.25, 0.3) is 5.91 Å². The number of para-hydroxylation sites is 1. The topological polar surface area (TPSA) is 60.0 Å². The molecule has 0 spiro atoms. The molecule has 1 fully saturated rings. The highest BCUT2D eigenvalue weighted by Crippen LogP contribution is 2.41. The summed E-state index contributed by atoms with van der Waals surface area (Å²) >= 11 is 0. The molecule has 0 bridgehead atoms. The molecule has 1 atom stereocenters. The number of amides is 1. The first-order chi connectivity index (χ1) is 14.9. The maximum atomic E-state index is 12.6. The zero-order valence-electron chi connectivity index (χ0n) is 18.6. The molecule has 166 valence electrons. The van der Waals surface area contributed by atoms with Gasteiger partial charge >= 0.3 is 0 Å². The van der Waals surface area contributed by atoms with Gasteiger partial charge in [0.1, 0.15) is 11.4 Å². The highest BCUT2D eigenvalue weighted by atomic mass is 16.5. The van der Waals surface area contributed by atoms with E-state index in [9.17, 15) is 4.79 Å². The fourth-order valence-electron chi connectivity index (χ4n) is 4.47. The second-order valence-corrected chi connectivity index (χ2v) is 8.91. The SMILES string of the molecule is COc1cccc(C(CNC(=O)COc2cccc3c2OC(C)(C)C3)N2CCCC2)c1. The van der Waals surface area contributed by atoms with Gasteiger partial charge in [-0.3, -0.25) is 9.69 Å². The third-order valence-electron chi connectivity index (χ3n) is 5.97. The van der Waals surface area contributed by atoms with E-state index in [1.165, 1.54) is 12.8 Å². The van der Waals surface area contributed by atoms with Crippen molar-refractivity contribution >= 4 is 5.91 Å². The van der Waals surface area contributed by atoms with Gasteiger partial charge in [-0.15, -0.1) is 0 Å². The van der Waals surface area contributed by atoms with Gasteiger partial charge in [-0.05, 0) is 63.5 Å². The molecule has 0 aliphatic carbocycles. The van der Waals surface area contributed by atoms with E-state index >= 15 is 0 Å². The largest absolute Gasteiger partial charge is 0.497 e. The Bertz CT molecular complexity index is 921. The number of carbonyl (C=O) groups is 1. The number of hydrogen-bond donors (Lipinski definition) is 1. The first kappa shape index (κ1) is 21.5. The van der Waals surface area contributed by atoms with Gasteiger partial charge in [-0.1, -0.05) is 24.3 Å². The lowest BCUT2D eigenvalue weighted by atomic mass is 10.0. The average molecular weight is 425 g/mol. The summed E-state index contributed by atoms with van der Waals surface area (Å²) < 4.78 is 17.3. The summed E-state index contributed by atoms with van der Waals surface area (Å²) in [7, 11) is 1.67. The van der Waals surface area contributed by atoms with Crippen molar-refractivity contribution in [1.29, 1.82) is 0 Å². The van der Waals surface area contributed by atoms with Crippen molar-refractivity contribution in [3.05, 3.63) is 53.6 Å². The smallest absolute Gasteiger partial charge is 0.258 e. The van der Waals surface area contributed by atoms with Gasteiger partial charge in [0.2, 0.25) is 0 Å². The maximum Gasteiger partial charge on any atom is 0.258 e. The van der Waals surface area contributed by atoms with E-state index < -0.39 is 0 Å². The van der Waals surface area contributed by atoms with Crippen LogP contribution in [0.4, 0.5) is 0 Å². The fraction of sp³-hybridized carbons (Fsp3) is 0.480. The number of carbonyl (C=O) groups excluding carboxylic acids is 1. The molecule has 2 aromatic rings. The summed E-state index contributed by atoms with van der Waals surface area (Å²) in [6.45, 7) is 6.69. The summed E-state index contributed by atoms with van der Waals surface area (Å²) in [5.41, 5.74) is 2.03. The monoisotopic (exact) mass is 424 g/mol. The number of fused-ring (bicyclic) bond motifs is 1. The second kappa shape index (κ2) is 9.18. The molecular weight excluding hydrogens is 392 g/mol. The van der Waals surface area contributed by atoms with Crippen molar-refractivity contribution in [2.45, 2.75) is 44.8 Å². The molecule has 1 unspecified atom stereocenters. The molecule has 2 heterocycles. The Morgan fingerprint density at radius 3 is 2.74 bits per heavy atom. The number of likely N-dealkylation sites (tertiary alicyclic amines) is 1. The minimum Gasteiger partial charge on any atom is -0.497 e. The molecule has 4 rings (SSSR count). The normalized spacial score (nSPS) is 18.2. The summed E-state index contributed by atoms with van der Waals surface area (Å²) in [5, 5.41) is 3.06. The Labute approximate surface area is 184 Å². The Hall–Kier alpha value is -2.73. The van der Waals surface area contributed by atoms with Crippen LogP contribution >= 0.6 is 0 Å². The number of ether oxygens (including phenoxy) is 3. The van der Waals surface area contributed by atoms with Crippen molar-refractivity contribution in [2.24, 2.45) is 0 Å². The van der Waals surface area contributed by atoms with E-state index in [0.717, 1.165) is 42.1 Å². The fourth-order valence-corrected chi connectivity index (χ4v) is 4.47. The van der Waals surface area contributed by atoms with Crippen molar-refractivity contribution in [3.63, 3.8) is 0 Å². The van der Waals surface area contributed by atoms with Crippen molar-refractivity contribution < 1.29 is 19.0 Å². The first-order valence-corrected chi connectivity index (χ1v) is 11.0. The van der Waals surface area contributed by atoms with Crippen molar-refractivity contribution in [3.8, 4) is 17.2 Å². The molecule has 31 heavy (non-hydrogen) atoms. The summed E-state index contributed by atoms with van der Waals surface area (Å²) in [5.74, 6) is 2.08. The van der Waals surface area contributed by atoms with Crippen LogP contribution in [0.5, 0.6) is 17.2 Å². The van der Waals surface area contributed by atoms with Gasteiger partial charge in [-0.25, -0.2) is 0 Å². The number of methoxy groups -OCH3 is 1. The zero-order valence-corrected chi connectivity index (χ0v) is 18.6. The quantitative estimate of drug-likeness (QED) is 0.700. The van der Waals surface area contributed by atoms with E-state index in [0.29, 0.717) is 12.3 Å². The van der Waals surface area contributed by atoms with Gasteiger partial charge in [0.15, 0.2) is 18.1 Å². The highest BCUT2D eigenvalue weighted by molar-refractivity contribution is 5.77. The lowest BCUT2D eigenvalue weighted by Crippen LogP contribution is -2.38. The van der Waals surface area contributed by atoms with E-state index in [4.69, 9.17) is 14.2 Å². The standard InChI is InChI=1S/C25H32N2O4/c1-25(2)15-19-9-7-11-22(24(19)31-25)30-17-23(28)26-16-21(27-12-4-5-13-27)18-8-6-10-20(14-18)29-3/h6-11,14,21H,4-5,12-13,15-17H2,1-3H3,(H,26,28). The number of nitrogens with one attached hydrogen (secondary N) is 1. The minimum atomic E-state index is -0.246. The summed E-state index contributed by atoms with van der Waals surface area (Å²) in [4.78, 5) is 15.0. The highest BCUT2D eigenvalue weighted by Gasteiger charge is 2.32. The molecule has 2 aliphatic heterocycles. The van der Waals surface area contributed by atoms with Crippen LogP contribution in [0.15, 0.2) is 42.5 Å². The Morgan fingerprint density at radius 2 is 1.97 bits per heavy atom. The third kappa shape index (κ3) is 5.13. The van der Waals surface area contributed by atoms with Crippen LogP contribution in [0.2, 0.25) is 0 Å². The Morgan fingerprint density at radius 1 is 1.19 bits per heavy atom. The first-order valence-electron chi connectivity index (χ1n) is 11.0. The third-order valence-corrected chi connectivity index (χ3v) is 5.97. The van der Waals surface area contributed by atoms with Crippen molar-refractivity contribution in [1.82, 2.24) is 10.2 Å². The summed E-state index contributed by atoms with van der Waals surface area (Å²) in [6.07, 6.45) is 3.21. The number of nitrogens with zero attached hydrogens (tertiary/aromatic N) is 1. The minimum absolute atomic E-state index is 0.0366. The van der Waals surface area contributed by atoms with E-state index in [-0.39, 0.29) is 24.2 Å². The van der Waals surface area contributed by atoms with Crippen LogP contribution in [-0.2, 0) is 11.2 Å². The second-order valence-electron chi connectivity index (χ2n) is 8.91. The van der Waals surface area contributed by atoms with Gasteiger partial charge in [0, 0.05) is 18.5 Å². The molecule has 2 aliphatic rings. The predicted octanol–water partition coefficient (Wildman–Crippen LogP) is 3.74. The van der Waals surface area contributed by atoms with Crippen LogP contribution in [0.3, 0.4) is 0 Å². The lowest BCUT2D eigenvalue weighted by molar-refractivity contribution is -0.123. The van der Waals surface area contributed by atoms with Crippen LogP contribution in [0.25, 0.3) is 0 Å². The lowest BCUT2D eigenvalue weighted by Gasteiger charge is -2.28. The number of hydrogen-bond acceptors (Lipinski definition) is 5. The number of rotatable bonds is 8. The molecule has 6 nitrogen and oxygen atoms in total. The zero-order chi connectivity index (χ0) is 21.8. The van der Waals surface area contributed by atoms with Gasteiger partial charge in [0.05, 0.1) is 13.2 Å². The molecule has 0 saturated carbocycles. The van der Waals surface area contributed by atoms with Crippen LogP contribution in [0.1, 0.15) is 43.9 Å². The average Bonchev–Trinajstić information content (AvgIpc) is 3.39. The molecule has 2 aromatic carbocycles. The molecule has 6 heteroatoms. The molecule has 1 N–H and O–H groups in total. The van der Waals surface area contributed by atoms with Gasteiger partial charge in [-0.2, -0.15) is 0 Å². The summed E-state index contributed by atoms with van der Waals surface area (Å²) in [6, 6.07) is 14.1. The van der Waals surface area contributed by atoms with E-state index in [1.54, 1.807) is 7.11 Å². The Balaban J connectivity index is 1.37. The number of benzene rings is 2.